The van der Waals surface area contributed by atoms with E-state index in [0.29, 0.717) is 10.7 Å². The molecule has 1 saturated heterocycles. The van der Waals surface area contributed by atoms with Crippen LogP contribution in [0.4, 0.5) is 10.1 Å². The molecule has 2 aromatic heterocycles. The van der Waals surface area contributed by atoms with Crippen LogP contribution >= 0.6 is 12.2 Å². The summed E-state index contributed by atoms with van der Waals surface area (Å²) in [6, 6.07) is 22.6. The first-order valence-electron chi connectivity index (χ1n) is 10.7. The van der Waals surface area contributed by atoms with Crippen molar-refractivity contribution < 1.29 is 9.13 Å². The highest BCUT2D eigenvalue weighted by Crippen LogP contribution is 2.42. The zero-order chi connectivity index (χ0) is 22.9. The van der Waals surface area contributed by atoms with E-state index in [2.05, 4.69) is 25.8 Å². The number of methoxy groups -OCH3 is 1. The monoisotopic (exact) mass is 458 g/mol. The fourth-order valence-corrected chi connectivity index (χ4v) is 4.67. The Hall–Kier alpha value is -3.71. The second kappa shape index (κ2) is 8.67. The van der Waals surface area contributed by atoms with Crippen LogP contribution in [-0.2, 0) is 0 Å². The summed E-state index contributed by atoms with van der Waals surface area (Å²) in [7, 11) is 1.65. The van der Waals surface area contributed by atoms with Gasteiger partial charge in [0.1, 0.15) is 17.6 Å². The molecule has 166 valence electrons. The number of nitrogens with one attached hydrogen (secondary N) is 1. The molecule has 0 bridgehead atoms. The zero-order valence-electron chi connectivity index (χ0n) is 18.3. The molecular formula is C26H23FN4OS. The molecule has 2 atom stereocenters. The number of pyridine rings is 1. The van der Waals surface area contributed by atoms with Crippen LogP contribution in [0.2, 0.25) is 0 Å². The molecule has 4 aromatic rings. The van der Waals surface area contributed by atoms with Crippen LogP contribution in [0.5, 0.6) is 5.75 Å². The van der Waals surface area contributed by atoms with Crippen LogP contribution in [0.15, 0.2) is 85.2 Å². The normalized spacial score (nSPS) is 17.8. The summed E-state index contributed by atoms with van der Waals surface area (Å²) in [5, 5.41) is 4.03. The Kier molecular flexibility index (Phi) is 5.56. The summed E-state index contributed by atoms with van der Waals surface area (Å²) in [5.41, 5.74) is 4.32. The van der Waals surface area contributed by atoms with E-state index in [1.165, 1.54) is 6.07 Å². The molecule has 1 aliphatic heterocycles. The molecule has 2 aromatic carbocycles. The maximum Gasteiger partial charge on any atom is 0.174 e. The Balaban J connectivity index is 1.65. The third-order valence-electron chi connectivity index (χ3n) is 5.95. The second-order valence-corrected chi connectivity index (χ2v) is 8.32. The van der Waals surface area contributed by atoms with Gasteiger partial charge in [0.25, 0.3) is 0 Å². The molecule has 33 heavy (non-hydrogen) atoms. The van der Waals surface area contributed by atoms with Crippen molar-refractivity contribution in [1.82, 2.24) is 14.9 Å². The molecule has 1 N–H and O–H groups in total. The fraction of sp³-hybridized carbons (Fsp3) is 0.154. The predicted octanol–water partition coefficient (Wildman–Crippen LogP) is 5.51. The highest BCUT2D eigenvalue weighted by molar-refractivity contribution is 7.80. The Morgan fingerprint density at radius 1 is 1.00 bits per heavy atom. The number of aryl methyl sites for hydroxylation is 1. The second-order valence-electron chi connectivity index (χ2n) is 7.93. The van der Waals surface area contributed by atoms with Gasteiger partial charge >= 0.3 is 0 Å². The Labute approximate surface area is 197 Å². The van der Waals surface area contributed by atoms with Gasteiger partial charge in [-0.1, -0.05) is 6.07 Å². The summed E-state index contributed by atoms with van der Waals surface area (Å²) >= 11 is 5.79. The molecule has 5 nitrogen and oxygen atoms in total. The van der Waals surface area contributed by atoms with Gasteiger partial charge in [0.2, 0.25) is 0 Å². The SMILES string of the molecule is COc1ccc(-n2cccc2[C@@H]2[C@H](c3ccccn3)NC(=S)N2c2ccc(F)c(C)c2)cc1. The first-order valence-corrected chi connectivity index (χ1v) is 11.1. The number of halogens is 1. The molecule has 0 unspecified atom stereocenters. The van der Waals surface area contributed by atoms with Gasteiger partial charge in [-0.15, -0.1) is 0 Å². The van der Waals surface area contributed by atoms with Crippen molar-refractivity contribution >= 4 is 23.0 Å². The smallest absolute Gasteiger partial charge is 0.174 e. The number of hydrogen-bond acceptors (Lipinski definition) is 3. The molecule has 0 spiro atoms. The zero-order valence-corrected chi connectivity index (χ0v) is 19.1. The lowest BCUT2D eigenvalue weighted by Crippen LogP contribution is -2.30. The highest BCUT2D eigenvalue weighted by Gasteiger charge is 2.42. The van der Waals surface area contributed by atoms with Gasteiger partial charge in [0, 0.05) is 29.5 Å². The quantitative estimate of drug-likeness (QED) is 0.400. The van der Waals surface area contributed by atoms with Crippen LogP contribution in [-0.4, -0.2) is 21.8 Å². The topological polar surface area (TPSA) is 42.3 Å². The lowest BCUT2D eigenvalue weighted by Gasteiger charge is -2.29. The number of benzene rings is 2. The fourth-order valence-electron chi connectivity index (χ4n) is 4.33. The summed E-state index contributed by atoms with van der Waals surface area (Å²) in [4.78, 5) is 6.66. The minimum absolute atomic E-state index is 0.184. The van der Waals surface area contributed by atoms with Crippen LogP contribution in [0, 0.1) is 12.7 Å². The van der Waals surface area contributed by atoms with E-state index in [-0.39, 0.29) is 17.9 Å². The number of ether oxygens (including phenoxy) is 1. The number of anilines is 1. The molecule has 0 aliphatic carbocycles. The molecule has 3 heterocycles. The van der Waals surface area contributed by atoms with E-state index in [4.69, 9.17) is 17.0 Å². The van der Waals surface area contributed by atoms with Gasteiger partial charge in [-0.3, -0.25) is 4.98 Å². The maximum atomic E-state index is 14.1. The predicted molar refractivity (Wildman–Crippen MR) is 131 cm³/mol. The molecular weight excluding hydrogens is 435 g/mol. The van der Waals surface area contributed by atoms with Crippen molar-refractivity contribution in [3.63, 3.8) is 0 Å². The van der Waals surface area contributed by atoms with Crippen molar-refractivity contribution in [2.24, 2.45) is 0 Å². The van der Waals surface area contributed by atoms with Crippen molar-refractivity contribution in [3.05, 3.63) is 108 Å². The molecule has 1 fully saturated rings. The standard InChI is InChI=1S/C26H23FN4OS/c1-17-16-19(10-13-21(17)27)31-25(24(29-26(31)33)22-6-3-4-14-28-22)23-7-5-15-30(23)18-8-11-20(32-2)12-9-18/h3-16,24-25H,1-2H3,(H,29,33)/t24-,25+/m0/s1. The van der Waals surface area contributed by atoms with Crippen LogP contribution in [0.25, 0.3) is 5.69 Å². The number of thiocarbonyl (C=S) groups is 1. The minimum atomic E-state index is -0.240. The van der Waals surface area contributed by atoms with Gasteiger partial charge in [-0.2, -0.15) is 0 Å². The third kappa shape index (κ3) is 3.85. The van der Waals surface area contributed by atoms with Crippen LogP contribution < -0.4 is 15.0 Å². The first kappa shape index (κ1) is 21.2. The van der Waals surface area contributed by atoms with Gasteiger partial charge in [-0.05, 0) is 91.4 Å². The van der Waals surface area contributed by atoms with E-state index in [1.807, 2.05) is 60.8 Å². The van der Waals surface area contributed by atoms with Gasteiger partial charge in [0.15, 0.2) is 5.11 Å². The average molecular weight is 459 g/mol. The summed E-state index contributed by atoms with van der Waals surface area (Å²) < 4.78 is 21.5. The largest absolute Gasteiger partial charge is 0.497 e. The minimum Gasteiger partial charge on any atom is -0.497 e. The number of aromatic nitrogens is 2. The van der Waals surface area contributed by atoms with Crippen LogP contribution in [0.1, 0.15) is 29.0 Å². The Bertz CT molecular complexity index is 1290. The van der Waals surface area contributed by atoms with Crippen molar-refractivity contribution in [3.8, 4) is 11.4 Å². The highest BCUT2D eigenvalue weighted by atomic mass is 32.1. The summed E-state index contributed by atoms with van der Waals surface area (Å²) in [6.07, 6.45) is 3.81. The van der Waals surface area contributed by atoms with Crippen molar-refractivity contribution in [2.45, 2.75) is 19.0 Å². The number of hydrogen-bond donors (Lipinski definition) is 1. The van der Waals surface area contributed by atoms with Crippen LogP contribution in [0.3, 0.4) is 0 Å². The van der Waals surface area contributed by atoms with E-state index < -0.39 is 0 Å². The van der Waals surface area contributed by atoms with E-state index in [9.17, 15) is 4.39 Å². The van der Waals surface area contributed by atoms with Gasteiger partial charge < -0.3 is 19.5 Å². The molecule has 7 heteroatoms. The van der Waals surface area contributed by atoms with E-state index >= 15 is 0 Å². The lowest BCUT2D eigenvalue weighted by atomic mass is 10.0. The van der Waals surface area contributed by atoms with E-state index in [1.54, 1.807) is 26.3 Å². The Morgan fingerprint density at radius 3 is 2.48 bits per heavy atom. The molecule has 5 rings (SSSR count). The Morgan fingerprint density at radius 2 is 1.79 bits per heavy atom. The molecule has 0 amide bonds. The summed E-state index contributed by atoms with van der Waals surface area (Å²) in [5.74, 6) is 0.558. The van der Waals surface area contributed by atoms with E-state index in [0.717, 1.165) is 28.5 Å². The average Bonchev–Trinajstić information content (AvgIpc) is 3.46. The molecule has 0 radical (unpaired) electrons. The molecule has 1 aliphatic rings. The van der Waals surface area contributed by atoms with Gasteiger partial charge in [-0.25, -0.2) is 4.39 Å². The number of rotatable bonds is 5. The van der Waals surface area contributed by atoms with Crippen molar-refractivity contribution in [1.29, 1.82) is 0 Å². The molecule has 0 saturated carbocycles. The van der Waals surface area contributed by atoms with Crippen molar-refractivity contribution in [2.75, 3.05) is 12.0 Å². The maximum absolute atomic E-state index is 14.1. The summed E-state index contributed by atoms with van der Waals surface area (Å²) in [6.45, 7) is 1.76. The first-order chi connectivity index (χ1) is 16.1. The van der Waals surface area contributed by atoms with Gasteiger partial charge in [0.05, 0.1) is 18.8 Å². The lowest BCUT2D eigenvalue weighted by molar-refractivity contribution is 0.414. The number of nitrogens with zero attached hydrogens (tertiary/aromatic N) is 3. The third-order valence-corrected chi connectivity index (χ3v) is 6.27.